The number of thioether (sulfide) groups is 1. The largest absolute Gasteiger partial charge is 0.493 e. The summed E-state index contributed by atoms with van der Waals surface area (Å²) >= 11 is 1.50. The van der Waals surface area contributed by atoms with Gasteiger partial charge in [0.05, 0.1) is 12.6 Å². The van der Waals surface area contributed by atoms with Crippen LogP contribution in [0, 0.1) is 5.82 Å². The summed E-state index contributed by atoms with van der Waals surface area (Å²) in [6.07, 6.45) is 0. The van der Waals surface area contributed by atoms with Crippen molar-refractivity contribution in [3.8, 4) is 16.9 Å². The van der Waals surface area contributed by atoms with Crippen molar-refractivity contribution in [2.75, 3.05) is 12.4 Å². The molecule has 0 spiro atoms. The van der Waals surface area contributed by atoms with Crippen LogP contribution in [-0.2, 0) is 7.05 Å². The highest BCUT2D eigenvalue weighted by Gasteiger charge is 2.18. The normalized spacial score (nSPS) is 11.7. The molecule has 8 heteroatoms. The van der Waals surface area contributed by atoms with Gasteiger partial charge in [-0.3, -0.25) is 4.79 Å². The first kappa shape index (κ1) is 23.5. The van der Waals surface area contributed by atoms with E-state index in [1.165, 1.54) is 23.9 Å². The summed E-state index contributed by atoms with van der Waals surface area (Å²) < 4.78 is 20.4. The summed E-state index contributed by atoms with van der Waals surface area (Å²) in [6.45, 7) is 2.33. The van der Waals surface area contributed by atoms with Crippen LogP contribution in [0.25, 0.3) is 11.1 Å². The van der Waals surface area contributed by atoms with Crippen LogP contribution in [0.4, 0.5) is 4.39 Å². The number of carbonyl (C=O) groups is 1. The molecule has 0 aliphatic carbocycles. The number of rotatable bonds is 9. The van der Waals surface area contributed by atoms with Crippen LogP contribution in [-0.4, -0.2) is 33.0 Å². The zero-order valence-corrected chi connectivity index (χ0v) is 19.8. The van der Waals surface area contributed by atoms with Crippen molar-refractivity contribution in [3.05, 3.63) is 96.1 Å². The third-order valence-electron chi connectivity index (χ3n) is 5.25. The van der Waals surface area contributed by atoms with E-state index in [0.29, 0.717) is 29.5 Å². The van der Waals surface area contributed by atoms with Crippen LogP contribution in [0.2, 0.25) is 0 Å². The van der Waals surface area contributed by atoms with Gasteiger partial charge in [-0.1, -0.05) is 54.2 Å². The molecule has 4 rings (SSSR count). The molecule has 1 N–H and O–H groups in total. The Labute approximate surface area is 202 Å². The van der Waals surface area contributed by atoms with E-state index in [2.05, 4.69) is 15.5 Å². The van der Waals surface area contributed by atoms with Gasteiger partial charge in [-0.05, 0) is 54.4 Å². The first-order valence-electron chi connectivity index (χ1n) is 10.9. The minimum Gasteiger partial charge on any atom is -0.493 e. The molecule has 6 nitrogen and oxygen atoms in total. The number of hydrogen-bond acceptors (Lipinski definition) is 5. The predicted molar refractivity (Wildman–Crippen MR) is 131 cm³/mol. The van der Waals surface area contributed by atoms with Gasteiger partial charge in [-0.25, -0.2) is 4.39 Å². The quantitative estimate of drug-likeness (QED) is 0.263. The molecule has 1 heterocycles. The monoisotopic (exact) mass is 476 g/mol. The van der Waals surface area contributed by atoms with Crippen molar-refractivity contribution < 1.29 is 13.9 Å². The van der Waals surface area contributed by atoms with E-state index in [0.717, 1.165) is 16.3 Å². The third kappa shape index (κ3) is 5.82. The first-order valence-corrected chi connectivity index (χ1v) is 11.9. The van der Waals surface area contributed by atoms with Gasteiger partial charge in [0.15, 0.2) is 11.0 Å². The highest BCUT2D eigenvalue weighted by molar-refractivity contribution is 7.99. The number of benzene rings is 3. The molecule has 0 radical (unpaired) electrons. The molecule has 1 amide bonds. The molecule has 0 aliphatic heterocycles. The minimum absolute atomic E-state index is 0.169. The van der Waals surface area contributed by atoms with E-state index in [9.17, 15) is 9.18 Å². The van der Waals surface area contributed by atoms with Gasteiger partial charge in [-0.15, -0.1) is 10.2 Å². The molecule has 0 saturated heterocycles. The molecule has 4 aromatic rings. The van der Waals surface area contributed by atoms with Crippen LogP contribution < -0.4 is 10.1 Å². The van der Waals surface area contributed by atoms with E-state index < -0.39 is 0 Å². The number of amides is 1. The van der Waals surface area contributed by atoms with Gasteiger partial charge < -0.3 is 14.6 Å². The zero-order chi connectivity index (χ0) is 23.9. The van der Waals surface area contributed by atoms with E-state index in [1.54, 1.807) is 12.1 Å². The van der Waals surface area contributed by atoms with Crippen molar-refractivity contribution in [2.45, 2.75) is 18.1 Å². The number of hydrogen-bond donors (Lipinski definition) is 1. The van der Waals surface area contributed by atoms with Crippen molar-refractivity contribution >= 4 is 17.7 Å². The Morgan fingerprint density at radius 3 is 2.38 bits per heavy atom. The second kappa shape index (κ2) is 11.0. The summed E-state index contributed by atoms with van der Waals surface area (Å²) in [7, 11) is 1.87. The average molecular weight is 477 g/mol. The fourth-order valence-electron chi connectivity index (χ4n) is 3.44. The second-order valence-corrected chi connectivity index (χ2v) is 8.75. The van der Waals surface area contributed by atoms with E-state index in [4.69, 9.17) is 4.74 Å². The number of ether oxygens (including phenoxy) is 1. The van der Waals surface area contributed by atoms with Crippen molar-refractivity contribution in [1.29, 1.82) is 0 Å². The standard InChI is InChI=1S/C26H25FN4O2S/c1-18(28-25(32)21-10-8-20(9-11-21)19-6-4-3-5-7-19)24-29-30-26(31(24)2)34-17-16-33-23-14-12-22(27)13-15-23/h3-15,18H,16-17H2,1-2H3,(H,28,32)/t18-/m1/s1. The maximum atomic E-state index is 13.0. The Morgan fingerprint density at radius 2 is 1.68 bits per heavy atom. The lowest BCUT2D eigenvalue weighted by atomic mass is 10.0. The fraction of sp³-hybridized carbons (Fsp3) is 0.192. The molecule has 1 aromatic heterocycles. The predicted octanol–water partition coefficient (Wildman–Crippen LogP) is 5.28. The van der Waals surface area contributed by atoms with Gasteiger partial charge in [0, 0.05) is 18.4 Å². The molecule has 0 fully saturated rings. The molecular formula is C26H25FN4O2S. The Bertz CT molecular complexity index is 1230. The Hall–Kier alpha value is -3.65. The molecule has 0 aliphatic rings. The maximum Gasteiger partial charge on any atom is 0.251 e. The van der Waals surface area contributed by atoms with Crippen molar-refractivity contribution in [3.63, 3.8) is 0 Å². The lowest BCUT2D eigenvalue weighted by Crippen LogP contribution is -2.28. The average Bonchev–Trinajstić information content (AvgIpc) is 3.23. The zero-order valence-electron chi connectivity index (χ0n) is 18.9. The molecule has 34 heavy (non-hydrogen) atoms. The molecule has 1 atom stereocenters. The first-order chi connectivity index (χ1) is 16.5. The lowest BCUT2D eigenvalue weighted by molar-refractivity contribution is 0.0937. The topological polar surface area (TPSA) is 69.0 Å². The Kier molecular flexibility index (Phi) is 7.59. The van der Waals surface area contributed by atoms with Crippen LogP contribution in [0.5, 0.6) is 5.75 Å². The van der Waals surface area contributed by atoms with Gasteiger partial charge in [0.2, 0.25) is 0 Å². The summed E-state index contributed by atoms with van der Waals surface area (Å²) in [4.78, 5) is 12.7. The van der Waals surface area contributed by atoms with Crippen LogP contribution in [0.3, 0.4) is 0 Å². The highest BCUT2D eigenvalue weighted by atomic mass is 32.2. The molecule has 0 saturated carbocycles. The summed E-state index contributed by atoms with van der Waals surface area (Å²) in [5.41, 5.74) is 2.75. The lowest BCUT2D eigenvalue weighted by Gasteiger charge is -2.14. The molecule has 174 valence electrons. The van der Waals surface area contributed by atoms with Crippen LogP contribution in [0.1, 0.15) is 29.1 Å². The number of halogens is 1. The maximum absolute atomic E-state index is 13.0. The number of nitrogens with zero attached hydrogens (tertiary/aromatic N) is 3. The summed E-state index contributed by atoms with van der Waals surface area (Å²) in [5.74, 6) is 1.47. The summed E-state index contributed by atoms with van der Waals surface area (Å²) in [5, 5.41) is 12.2. The SMILES string of the molecule is C[C@@H](NC(=O)c1ccc(-c2ccccc2)cc1)c1nnc(SCCOc2ccc(F)cc2)n1C. The van der Waals surface area contributed by atoms with E-state index >= 15 is 0 Å². The van der Waals surface area contributed by atoms with E-state index in [-0.39, 0.29) is 17.8 Å². The van der Waals surface area contributed by atoms with Crippen molar-refractivity contribution in [2.24, 2.45) is 7.05 Å². The summed E-state index contributed by atoms with van der Waals surface area (Å²) in [6, 6.07) is 23.2. The van der Waals surface area contributed by atoms with Crippen LogP contribution in [0.15, 0.2) is 84.0 Å². The highest BCUT2D eigenvalue weighted by Crippen LogP contribution is 2.21. The smallest absolute Gasteiger partial charge is 0.251 e. The third-order valence-corrected chi connectivity index (χ3v) is 6.24. The number of aromatic nitrogens is 3. The molecular weight excluding hydrogens is 451 g/mol. The van der Waals surface area contributed by atoms with E-state index in [1.807, 2.05) is 73.1 Å². The van der Waals surface area contributed by atoms with Gasteiger partial charge in [0.25, 0.3) is 5.91 Å². The number of carbonyl (C=O) groups excluding carboxylic acids is 1. The number of nitrogens with one attached hydrogen (secondary N) is 1. The van der Waals surface area contributed by atoms with Crippen LogP contribution >= 0.6 is 11.8 Å². The molecule has 0 bridgehead atoms. The minimum atomic E-state index is -0.316. The second-order valence-electron chi connectivity index (χ2n) is 7.69. The Morgan fingerprint density at radius 1 is 1.00 bits per heavy atom. The Balaban J connectivity index is 1.30. The van der Waals surface area contributed by atoms with Crippen molar-refractivity contribution in [1.82, 2.24) is 20.1 Å². The molecule has 3 aromatic carbocycles. The fourth-order valence-corrected chi connectivity index (χ4v) is 4.18. The molecule has 0 unspecified atom stereocenters. The van der Waals surface area contributed by atoms with Gasteiger partial charge in [0.1, 0.15) is 11.6 Å². The van der Waals surface area contributed by atoms with Gasteiger partial charge >= 0.3 is 0 Å². The van der Waals surface area contributed by atoms with Gasteiger partial charge in [-0.2, -0.15) is 0 Å².